The maximum absolute atomic E-state index is 12.8. The minimum Gasteiger partial charge on any atom is -0.464 e. The summed E-state index contributed by atoms with van der Waals surface area (Å²) in [4.78, 5) is 12.8. The fourth-order valence-electron chi connectivity index (χ4n) is 5.72. The van der Waals surface area contributed by atoms with Crippen molar-refractivity contribution in [3.8, 4) is 0 Å². The lowest BCUT2D eigenvalue weighted by Crippen LogP contribution is -2.54. The first-order valence-corrected chi connectivity index (χ1v) is 10.2. The largest absolute Gasteiger partial charge is 0.464 e. The van der Waals surface area contributed by atoms with E-state index in [1.807, 2.05) is 0 Å². The second-order valence-corrected chi connectivity index (χ2v) is 8.68. The van der Waals surface area contributed by atoms with E-state index >= 15 is 0 Å². The average molecular weight is 389 g/mol. The number of aryl methyl sites for hydroxylation is 2. The van der Waals surface area contributed by atoms with Gasteiger partial charge in [0.15, 0.2) is 0 Å². The Balaban J connectivity index is 0.00000180. The number of nitrogens with two attached hydrogens (primary N) is 1. The third-order valence-corrected chi connectivity index (χ3v) is 6.92. The number of halogens is 1. The smallest absolute Gasteiger partial charge is 0.224 e. The summed E-state index contributed by atoms with van der Waals surface area (Å²) in [5.41, 5.74) is 11.0. The van der Waals surface area contributed by atoms with Gasteiger partial charge in [0, 0.05) is 23.0 Å². The fourth-order valence-corrected chi connectivity index (χ4v) is 5.72. The number of hydrogen-bond acceptors (Lipinski definition) is 3. The highest BCUT2D eigenvalue weighted by atomic mass is 35.5. The Kier molecular flexibility index (Phi) is 5.21. The van der Waals surface area contributed by atoms with Crippen molar-refractivity contribution < 1.29 is 9.21 Å². The van der Waals surface area contributed by atoms with Crippen LogP contribution < -0.4 is 11.1 Å². The monoisotopic (exact) mass is 388 g/mol. The molecule has 146 valence electrons. The lowest BCUT2D eigenvalue weighted by atomic mass is 9.67. The van der Waals surface area contributed by atoms with E-state index in [-0.39, 0.29) is 18.3 Å². The number of furan rings is 1. The molecule has 3 aliphatic rings. The van der Waals surface area contributed by atoms with E-state index in [1.54, 1.807) is 6.26 Å². The zero-order chi connectivity index (χ0) is 17.7. The van der Waals surface area contributed by atoms with E-state index in [9.17, 15) is 4.79 Å². The van der Waals surface area contributed by atoms with Gasteiger partial charge in [-0.05, 0) is 80.0 Å². The SMILES string of the molecule is Cl.NC1CC2CCCC(C1)C2NC(=O)Cc1coc2cc3c(cc12)CCC3. The summed E-state index contributed by atoms with van der Waals surface area (Å²) in [6, 6.07) is 5.06. The van der Waals surface area contributed by atoms with Gasteiger partial charge < -0.3 is 15.5 Å². The predicted octanol–water partition coefficient (Wildman–Crippen LogP) is 3.91. The van der Waals surface area contributed by atoms with E-state index in [2.05, 4.69) is 17.4 Å². The van der Waals surface area contributed by atoms with E-state index in [4.69, 9.17) is 10.2 Å². The molecule has 2 unspecified atom stereocenters. The zero-order valence-electron chi connectivity index (χ0n) is 15.7. The maximum atomic E-state index is 12.8. The molecular formula is C22H29ClN2O2. The van der Waals surface area contributed by atoms with Crippen molar-refractivity contribution in [3.63, 3.8) is 0 Å². The van der Waals surface area contributed by atoms with Gasteiger partial charge in [-0.25, -0.2) is 0 Å². The number of carbonyl (C=O) groups is 1. The first-order valence-electron chi connectivity index (χ1n) is 10.2. The number of fused-ring (bicyclic) bond motifs is 4. The van der Waals surface area contributed by atoms with Gasteiger partial charge in [-0.2, -0.15) is 0 Å². The summed E-state index contributed by atoms with van der Waals surface area (Å²) >= 11 is 0. The van der Waals surface area contributed by atoms with Gasteiger partial charge in [-0.1, -0.05) is 6.42 Å². The quantitative estimate of drug-likeness (QED) is 0.837. The Morgan fingerprint density at radius 3 is 2.56 bits per heavy atom. The molecule has 3 aliphatic carbocycles. The Morgan fingerprint density at radius 2 is 1.81 bits per heavy atom. The number of carbonyl (C=O) groups excluding carboxylic acids is 1. The number of amides is 1. The van der Waals surface area contributed by atoms with E-state index in [0.29, 0.717) is 30.3 Å². The number of nitrogens with one attached hydrogen (secondary N) is 1. The van der Waals surface area contributed by atoms with Crippen LogP contribution in [0.3, 0.4) is 0 Å². The molecule has 3 N–H and O–H groups in total. The van der Waals surface area contributed by atoms with Crippen LogP contribution in [0.25, 0.3) is 11.0 Å². The standard InChI is InChI=1S/C22H28N2O2.ClH/c23-18-7-15-5-2-6-16(8-18)22(15)24-21(25)11-17-12-26-20-10-14-4-1-3-13(14)9-19(17)20;/h9-10,12,15-16,18,22H,1-8,11,23H2,(H,24,25);1H. The summed E-state index contributed by atoms with van der Waals surface area (Å²) in [5.74, 6) is 1.25. The van der Waals surface area contributed by atoms with Crippen LogP contribution in [-0.4, -0.2) is 18.0 Å². The van der Waals surface area contributed by atoms with Crippen molar-refractivity contribution in [2.45, 2.75) is 69.9 Å². The van der Waals surface area contributed by atoms with Crippen molar-refractivity contribution >= 4 is 29.3 Å². The molecule has 4 nitrogen and oxygen atoms in total. The maximum Gasteiger partial charge on any atom is 0.224 e. The van der Waals surface area contributed by atoms with Gasteiger partial charge in [-0.15, -0.1) is 12.4 Å². The molecule has 0 spiro atoms. The molecule has 0 radical (unpaired) electrons. The molecule has 0 saturated heterocycles. The van der Waals surface area contributed by atoms with Gasteiger partial charge >= 0.3 is 0 Å². The molecule has 2 saturated carbocycles. The minimum absolute atomic E-state index is 0. The topological polar surface area (TPSA) is 68.3 Å². The minimum atomic E-state index is 0. The third-order valence-electron chi connectivity index (χ3n) is 6.92. The molecule has 1 aromatic heterocycles. The van der Waals surface area contributed by atoms with Crippen molar-refractivity contribution in [1.29, 1.82) is 0 Å². The van der Waals surface area contributed by atoms with E-state index in [0.717, 1.165) is 42.2 Å². The Hall–Kier alpha value is -1.52. The number of rotatable bonds is 3. The molecule has 1 amide bonds. The van der Waals surface area contributed by atoms with Crippen molar-refractivity contribution in [1.82, 2.24) is 5.32 Å². The second-order valence-electron chi connectivity index (χ2n) is 8.68. The summed E-state index contributed by atoms with van der Waals surface area (Å²) in [6.45, 7) is 0. The van der Waals surface area contributed by atoms with Crippen molar-refractivity contribution in [2.75, 3.05) is 0 Å². The van der Waals surface area contributed by atoms with Crippen LogP contribution in [0.1, 0.15) is 55.2 Å². The molecule has 2 aromatic rings. The number of benzene rings is 1. The molecule has 1 aromatic carbocycles. The molecule has 0 aliphatic heterocycles. The van der Waals surface area contributed by atoms with Crippen LogP contribution in [0.4, 0.5) is 0 Å². The molecule has 1 heterocycles. The predicted molar refractivity (Wildman–Crippen MR) is 109 cm³/mol. The zero-order valence-corrected chi connectivity index (χ0v) is 16.5. The number of hydrogen-bond donors (Lipinski definition) is 2. The van der Waals surface area contributed by atoms with E-state index < -0.39 is 0 Å². The van der Waals surface area contributed by atoms with Crippen molar-refractivity contribution in [2.24, 2.45) is 17.6 Å². The first kappa shape index (κ1) is 18.8. The van der Waals surface area contributed by atoms with Gasteiger partial charge in [0.05, 0.1) is 12.7 Å². The van der Waals surface area contributed by atoms with Gasteiger partial charge in [0.25, 0.3) is 0 Å². The van der Waals surface area contributed by atoms with Gasteiger partial charge in [0.1, 0.15) is 5.58 Å². The lowest BCUT2D eigenvalue weighted by molar-refractivity contribution is -0.122. The Morgan fingerprint density at radius 1 is 1.11 bits per heavy atom. The normalized spacial score (nSPS) is 29.2. The molecule has 5 heteroatoms. The molecule has 2 bridgehead atoms. The highest BCUT2D eigenvalue weighted by Gasteiger charge is 2.39. The Labute approximate surface area is 166 Å². The van der Waals surface area contributed by atoms with Crippen LogP contribution >= 0.6 is 12.4 Å². The van der Waals surface area contributed by atoms with Crippen LogP contribution in [0, 0.1) is 11.8 Å². The van der Waals surface area contributed by atoms with E-state index in [1.165, 1.54) is 36.8 Å². The Bertz CT molecular complexity index is 832. The summed E-state index contributed by atoms with van der Waals surface area (Å²) in [6.07, 6.45) is 11.5. The second kappa shape index (κ2) is 7.48. The lowest BCUT2D eigenvalue weighted by Gasteiger charge is -2.45. The average Bonchev–Trinajstić information content (AvgIpc) is 3.20. The third kappa shape index (κ3) is 3.50. The first-order chi connectivity index (χ1) is 12.7. The molecule has 2 fully saturated rings. The van der Waals surface area contributed by atoms with Crippen LogP contribution in [0.5, 0.6) is 0 Å². The highest BCUT2D eigenvalue weighted by molar-refractivity contribution is 5.88. The van der Waals surface area contributed by atoms with Crippen LogP contribution in [-0.2, 0) is 24.1 Å². The molecule has 5 rings (SSSR count). The van der Waals surface area contributed by atoms with Crippen molar-refractivity contribution in [3.05, 3.63) is 35.1 Å². The highest BCUT2D eigenvalue weighted by Crippen LogP contribution is 2.39. The molecule has 2 atom stereocenters. The summed E-state index contributed by atoms with van der Waals surface area (Å²) in [5, 5.41) is 4.48. The van der Waals surface area contributed by atoms with Gasteiger partial charge in [0.2, 0.25) is 5.91 Å². The molecular weight excluding hydrogens is 360 g/mol. The fraction of sp³-hybridized carbons (Fsp3) is 0.591. The molecule has 27 heavy (non-hydrogen) atoms. The van der Waals surface area contributed by atoms with Gasteiger partial charge in [-0.3, -0.25) is 4.79 Å². The summed E-state index contributed by atoms with van der Waals surface area (Å²) in [7, 11) is 0. The van der Waals surface area contributed by atoms with Crippen LogP contribution in [0.15, 0.2) is 22.8 Å². The summed E-state index contributed by atoms with van der Waals surface area (Å²) < 4.78 is 5.76. The van der Waals surface area contributed by atoms with Crippen LogP contribution in [0.2, 0.25) is 0 Å².